The van der Waals surface area contributed by atoms with Gasteiger partial charge < -0.3 is 20.9 Å². The number of carbonyl (C=O) groups excluding carboxylic acids is 3. The first-order valence-corrected chi connectivity index (χ1v) is 9.13. The molecule has 1 saturated heterocycles. The summed E-state index contributed by atoms with van der Waals surface area (Å²) in [5, 5.41) is 8.55. The number of hydrogen-bond acceptors (Lipinski definition) is 3. The molecule has 0 saturated carbocycles. The Hall–Kier alpha value is -2.28. The third-order valence-corrected chi connectivity index (χ3v) is 4.27. The van der Waals surface area contributed by atoms with Crippen LogP contribution in [0.4, 0.5) is 10.5 Å². The minimum atomic E-state index is -0.454. The van der Waals surface area contributed by atoms with Crippen molar-refractivity contribution in [1.29, 1.82) is 0 Å². The molecular formula is C18H25ClN4O3. The van der Waals surface area contributed by atoms with E-state index in [1.807, 2.05) is 20.8 Å². The average molecular weight is 381 g/mol. The molecule has 2 rings (SSSR count). The predicted molar refractivity (Wildman–Crippen MR) is 101 cm³/mol. The molecule has 1 atom stereocenters. The lowest BCUT2D eigenvalue weighted by molar-refractivity contribution is -0.127. The van der Waals surface area contributed by atoms with E-state index in [0.29, 0.717) is 29.4 Å². The van der Waals surface area contributed by atoms with Crippen molar-refractivity contribution in [3.63, 3.8) is 0 Å². The van der Waals surface area contributed by atoms with Crippen molar-refractivity contribution in [2.45, 2.75) is 45.7 Å². The number of hydrogen-bond donors (Lipinski definition) is 3. The Bertz CT molecular complexity index is 693. The molecule has 1 aliphatic heterocycles. The van der Waals surface area contributed by atoms with E-state index in [9.17, 15) is 14.4 Å². The SMILES string of the molecule is CCCN1C[C@@H](NC(=O)Nc2cc(C(=O)NC(C)C)ccc2Cl)CC1=O. The van der Waals surface area contributed by atoms with E-state index in [-0.39, 0.29) is 30.3 Å². The molecule has 1 aromatic carbocycles. The van der Waals surface area contributed by atoms with Gasteiger partial charge in [-0.1, -0.05) is 18.5 Å². The largest absolute Gasteiger partial charge is 0.350 e. The number of nitrogens with zero attached hydrogens (tertiary/aromatic N) is 1. The van der Waals surface area contributed by atoms with Gasteiger partial charge in [-0.05, 0) is 38.5 Å². The second-order valence-electron chi connectivity index (χ2n) is 6.66. The van der Waals surface area contributed by atoms with Crippen LogP contribution in [-0.4, -0.2) is 47.9 Å². The third kappa shape index (κ3) is 5.36. The quantitative estimate of drug-likeness (QED) is 0.708. The van der Waals surface area contributed by atoms with Gasteiger partial charge in [-0.15, -0.1) is 0 Å². The normalized spacial score (nSPS) is 16.7. The van der Waals surface area contributed by atoms with Gasteiger partial charge >= 0.3 is 6.03 Å². The van der Waals surface area contributed by atoms with Crippen molar-refractivity contribution in [2.75, 3.05) is 18.4 Å². The molecule has 1 fully saturated rings. The maximum absolute atomic E-state index is 12.2. The molecule has 8 heteroatoms. The Balaban J connectivity index is 1.98. The number of carbonyl (C=O) groups is 3. The number of nitrogens with one attached hydrogen (secondary N) is 3. The smallest absolute Gasteiger partial charge is 0.319 e. The van der Waals surface area contributed by atoms with Gasteiger partial charge in [0.15, 0.2) is 0 Å². The molecule has 0 aromatic heterocycles. The molecule has 3 N–H and O–H groups in total. The van der Waals surface area contributed by atoms with Crippen molar-refractivity contribution < 1.29 is 14.4 Å². The second kappa shape index (κ2) is 8.89. The minimum Gasteiger partial charge on any atom is -0.350 e. The summed E-state index contributed by atoms with van der Waals surface area (Å²) in [5.41, 5.74) is 0.749. The molecule has 1 aromatic rings. The van der Waals surface area contributed by atoms with Crippen LogP contribution in [0.15, 0.2) is 18.2 Å². The Labute approximate surface area is 158 Å². The highest BCUT2D eigenvalue weighted by Gasteiger charge is 2.29. The number of halogens is 1. The summed E-state index contributed by atoms with van der Waals surface area (Å²) in [6.07, 6.45) is 1.17. The highest BCUT2D eigenvalue weighted by Crippen LogP contribution is 2.23. The van der Waals surface area contributed by atoms with Gasteiger partial charge in [0.05, 0.1) is 16.8 Å². The average Bonchev–Trinajstić information content (AvgIpc) is 2.88. The fraction of sp³-hybridized carbons (Fsp3) is 0.500. The van der Waals surface area contributed by atoms with Gasteiger partial charge in [0.1, 0.15) is 0 Å². The summed E-state index contributed by atoms with van der Waals surface area (Å²) in [6.45, 7) is 6.93. The minimum absolute atomic E-state index is 0.00357. The van der Waals surface area contributed by atoms with Crippen molar-refractivity contribution in [3.8, 4) is 0 Å². The van der Waals surface area contributed by atoms with Gasteiger partial charge in [0.2, 0.25) is 5.91 Å². The maximum atomic E-state index is 12.2. The lowest BCUT2D eigenvalue weighted by Crippen LogP contribution is -2.39. The molecule has 26 heavy (non-hydrogen) atoms. The molecule has 0 unspecified atom stereocenters. The summed E-state index contributed by atoms with van der Waals surface area (Å²) < 4.78 is 0. The molecule has 0 radical (unpaired) electrons. The number of urea groups is 1. The van der Waals surface area contributed by atoms with Gasteiger partial charge in [-0.2, -0.15) is 0 Å². The fourth-order valence-electron chi connectivity index (χ4n) is 2.81. The van der Waals surface area contributed by atoms with Crippen LogP contribution >= 0.6 is 11.6 Å². The monoisotopic (exact) mass is 380 g/mol. The van der Waals surface area contributed by atoms with Crippen LogP contribution in [0.2, 0.25) is 5.02 Å². The molecular weight excluding hydrogens is 356 g/mol. The zero-order valence-electron chi connectivity index (χ0n) is 15.3. The fourth-order valence-corrected chi connectivity index (χ4v) is 2.97. The van der Waals surface area contributed by atoms with Crippen LogP contribution in [0, 0.1) is 0 Å². The lowest BCUT2D eigenvalue weighted by Gasteiger charge is -2.17. The van der Waals surface area contributed by atoms with Gasteiger partial charge in [0.25, 0.3) is 5.91 Å². The van der Waals surface area contributed by atoms with Crippen molar-refractivity contribution in [1.82, 2.24) is 15.5 Å². The molecule has 0 aliphatic carbocycles. The predicted octanol–water partition coefficient (Wildman–Crippen LogP) is 2.61. The molecule has 7 nitrogen and oxygen atoms in total. The maximum Gasteiger partial charge on any atom is 0.319 e. The number of benzene rings is 1. The standard InChI is InChI=1S/C18H25ClN4O3/c1-4-7-23-10-13(9-16(23)24)21-18(26)22-15-8-12(5-6-14(15)19)17(25)20-11(2)3/h5-6,8,11,13H,4,7,9-10H2,1-3H3,(H,20,25)(H2,21,22,26)/t13-/m0/s1. The molecule has 1 heterocycles. The number of anilines is 1. The van der Waals surface area contributed by atoms with Gasteiger partial charge in [-0.3, -0.25) is 9.59 Å². The van der Waals surface area contributed by atoms with E-state index in [2.05, 4.69) is 16.0 Å². The van der Waals surface area contributed by atoms with Crippen LogP contribution in [0.1, 0.15) is 44.0 Å². The number of likely N-dealkylation sites (tertiary alicyclic amines) is 1. The first kappa shape index (κ1) is 20.0. The Morgan fingerprint density at radius 1 is 1.35 bits per heavy atom. The van der Waals surface area contributed by atoms with E-state index >= 15 is 0 Å². The summed E-state index contributed by atoms with van der Waals surface area (Å²) in [6, 6.07) is 4.01. The van der Waals surface area contributed by atoms with Crippen LogP contribution < -0.4 is 16.0 Å². The topological polar surface area (TPSA) is 90.5 Å². The summed E-state index contributed by atoms with van der Waals surface area (Å²) in [7, 11) is 0. The lowest BCUT2D eigenvalue weighted by atomic mass is 10.1. The van der Waals surface area contributed by atoms with E-state index in [4.69, 9.17) is 11.6 Å². The zero-order chi connectivity index (χ0) is 19.3. The van der Waals surface area contributed by atoms with Crippen LogP contribution in [-0.2, 0) is 4.79 Å². The number of amides is 4. The second-order valence-corrected chi connectivity index (χ2v) is 7.07. The highest BCUT2D eigenvalue weighted by molar-refractivity contribution is 6.33. The van der Waals surface area contributed by atoms with Crippen molar-refractivity contribution in [2.24, 2.45) is 0 Å². The van der Waals surface area contributed by atoms with Crippen molar-refractivity contribution in [3.05, 3.63) is 28.8 Å². The first-order valence-electron chi connectivity index (χ1n) is 8.75. The Morgan fingerprint density at radius 3 is 2.73 bits per heavy atom. The third-order valence-electron chi connectivity index (χ3n) is 3.94. The first-order chi connectivity index (χ1) is 12.3. The molecule has 0 bridgehead atoms. The zero-order valence-corrected chi connectivity index (χ0v) is 16.0. The van der Waals surface area contributed by atoms with E-state index in [0.717, 1.165) is 6.42 Å². The van der Waals surface area contributed by atoms with Crippen LogP contribution in [0.3, 0.4) is 0 Å². The van der Waals surface area contributed by atoms with E-state index in [1.54, 1.807) is 17.0 Å². The van der Waals surface area contributed by atoms with Crippen LogP contribution in [0.5, 0.6) is 0 Å². The van der Waals surface area contributed by atoms with E-state index < -0.39 is 6.03 Å². The molecule has 0 spiro atoms. The summed E-state index contributed by atoms with van der Waals surface area (Å²) in [4.78, 5) is 37.9. The molecule has 1 aliphatic rings. The Morgan fingerprint density at radius 2 is 2.08 bits per heavy atom. The van der Waals surface area contributed by atoms with Gasteiger partial charge in [0, 0.05) is 31.1 Å². The van der Waals surface area contributed by atoms with Crippen molar-refractivity contribution >= 4 is 35.1 Å². The van der Waals surface area contributed by atoms with E-state index in [1.165, 1.54) is 6.07 Å². The molecule has 4 amide bonds. The number of rotatable bonds is 6. The highest BCUT2D eigenvalue weighted by atomic mass is 35.5. The molecule has 142 valence electrons. The van der Waals surface area contributed by atoms with Gasteiger partial charge in [-0.25, -0.2) is 4.79 Å². The summed E-state index contributed by atoms with van der Waals surface area (Å²) in [5.74, 6) is -0.195. The summed E-state index contributed by atoms with van der Waals surface area (Å²) >= 11 is 6.12. The Kier molecular flexibility index (Phi) is 6.85. The van der Waals surface area contributed by atoms with Crippen LogP contribution in [0.25, 0.3) is 0 Å².